The second kappa shape index (κ2) is 3.11. The van der Waals surface area contributed by atoms with Crippen molar-refractivity contribution in [3.63, 3.8) is 0 Å². The SMILES string of the molecule is C.Nc1nccc2c1CCC2N. The minimum atomic E-state index is 0. The third-order valence-corrected chi connectivity index (χ3v) is 2.23. The molecule has 0 radical (unpaired) electrons. The Bertz CT molecular complexity index is 283. The summed E-state index contributed by atoms with van der Waals surface area (Å²) in [5, 5.41) is 0. The molecule has 1 aromatic heterocycles. The summed E-state index contributed by atoms with van der Waals surface area (Å²) in [6, 6.07) is 2.14. The fourth-order valence-corrected chi connectivity index (χ4v) is 1.60. The average molecular weight is 165 g/mol. The molecule has 4 N–H and O–H groups in total. The highest BCUT2D eigenvalue weighted by atomic mass is 14.8. The molecule has 12 heavy (non-hydrogen) atoms. The molecular formula is C9H15N3. The zero-order valence-corrected chi connectivity index (χ0v) is 6.25. The number of pyridine rings is 1. The lowest BCUT2D eigenvalue weighted by Gasteiger charge is -2.04. The maximum Gasteiger partial charge on any atom is 0.126 e. The number of rotatable bonds is 0. The quantitative estimate of drug-likeness (QED) is 0.608. The van der Waals surface area contributed by atoms with Crippen LogP contribution in [0.5, 0.6) is 0 Å². The summed E-state index contributed by atoms with van der Waals surface area (Å²) in [6.07, 6.45) is 3.71. The van der Waals surface area contributed by atoms with Gasteiger partial charge in [-0.05, 0) is 30.0 Å². The van der Waals surface area contributed by atoms with Crippen LogP contribution >= 0.6 is 0 Å². The van der Waals surface area contributed by atoms with Gasteiger partial charge in [0.25, 0.3) is 0 Å². The van der Waals surface area contributed by atoms with Crippen LogP contribution in [0.2, 0.25) is 0 Å². The number of aromatic nitrogens is 1. The van der Waals surface area contributed by atoms with Gasteiger partial charge in [-0.1, -0.05) is 7.43 Å². The third-order valence-electron chi connectivity index (χ3n) is 2.23. The van der Waals surface area contributed by atoms with Crippen molar-refractivity contribution in [3.05, 3.63) is 23.4 Å². The molecule has 3 heteroatoms. The molecule has 0 bridgehead atoms. The first-order valence-electron chi connectivity index (χ1n) is 3.78. The van der Waals surface area contributed by atoms with Crippen molar-refractivity contribution < 1.29 is 0 Å². The molecule has 3 nitrogen and oxygen atoms in total. The third kappa shape index (κ3) is 1.16. The summed E-state index contributed by atoms with van der Waals surface area (Å²) in [6.45, 7) is 0. The number of nitrogens with zero attached hydrogens (tertiary/aromatic N) is 1. The van der Waals surface area contributed by atoms with Gasteiger partial charge in [0.1, 0.15) is 5.82 Å². The van der Waals surface area contributed by atoms with E-state index in [1.165, 1.54) is 5.56 Å². The zero-order chi connectivity index (χ0) is 7.84. The predicted octanol–water partition coefficient (Wildman–Crippen LogP) is 1.25. The standard InChI is InChI=1S/C8H11N3.CH4/c9-7-2-1-6-5(7)3-4-11-8(6)10;/h3-4,7H,1-2,9H2,(H2,10,11);1H4. The van der Waals surface area contributed by atoms with Gasteiger partial charge in [0.15, 0.2) is 0 Å². The Hall–Kier alpha value is -1.09. The van der Waals surface area contributed by atoms with Gasteiger partial charge < -0.3 is 11.5 Å². The highest BCUT2D eigenvalue weighted by molar-refractivity contribution is 5.48. The summed E-state index contributed by atoms with van der Waals surface area (Å²) < 4.78 is 0. The van der Waals surface area contributed by atoms with Crippen molar-refractivity contribution in [2.24, 2.45) is 5.73 Å². The van der Waals surface area contributed by atoms with Crippen LogP contribution in [-0.2, 0) is 6.42 Å². The molecule has 0 saturated heterocycles. The van der Waals surface area contributed by atoms with Crippen molar-refractivity contribution >= 4 is 5.82 Å². The number of nitrogen functional groups attached to an aromatic ring is 1. The molecule has 0 saturated carbocycles. The molecule has 1 aliphatic carbocycles. The van der Waals surface area contributed by atoms with E-state index in [-0.39, 0.29) is 13.5 Å². The number of hydrogen-bond donors (Lipinski definition) is 2. The number of fused-ring (bicyclic) bond motifs is 1. The van der Waals surface area contributed by atoms with Crippen LogP contribution in [0.1, 0.15) is 31.0 Å². The Balaban J connectivity index is 0.000000720. The van der Waals surface area contributed by atoms with Crippen LogP contribution in [0.25, 0.3) is 0 Å². The smallest absolute Gasteiger partial charge is 0.126 e. The summed E-state index contributed by atoms with van der Waals surface area (Å²) in [4.78, 5) is 4.01. The van der Waals surface area contributed by atoms with Gasteiger partial charge in [-0.2, -0.15) is 0 Å². The predicted molar refractivity (Wildman–Crippen MR) is 50.6 cm³/mol. The summed E-state index contributed by atoms with van der Waals surface area (Å²) in [5.41, 5.74) is 13.8. The molecule has 0 aliphatic heterocycles. The first-order valence-corrected chi connectivity index (χ1v) is 3.78. The maximum atomic E-state index is 5.83. The Morgan fingerprint density at radius 1 is 1.50 bits per heavy atom. The van der Waals surface area contributed by atoms with Gasteiger partial charge in [0.05, 0.1) is 0 Å². The molecule has 1 aliphatic rings. The van der Waals surface area contributed by atoms with Gasteiger partial charge in [-0.15, -0.1) is 0 Å². The largest absolute Gasteiger partial charge is 0.383 e. The van der Waals surface area contributed by atoms with Gasteiger partial charge in [0, 0.05) is 12.2 Å². The Kier molecular flexibility index (Phi) is 2.33. The first-order chi connectivity index (χ1) is 5.29. The van der Waals surface area contributed by atoms with Crippen molar-refractivity contribution in [2.75, 3.05) is 5.73 Å². The van der Waals surface area contributed by atoms with E-state index in [0.717, 1.165) is 18.4 Å². The molecular weight excluding hydrogens is 150 g/mol. The minimum absolute atomic E-state index is 0. The van der Waals surface area contributed by atoms with E-state index >= 15 is 0 Å². The fourth-order valence-electron chi connectivity index (χ4n) is 1.60. The van der Waals surface area contributed by atoms with Gasteiger partial charge in [-0.25, -0.2) is 4.98 Å². The van der Waals surface area contributed by atoms with Crippen molar-refractivity contribution in [3.8, 4) is 0 Å². The number of hydrogen-bond acceptors (Lipinski definition) is 3. The average Bonchev–Trinajstić information content (AvgIpc) is 2.35. The molecule has 1 heterocycles. The molecule has 1 unspecified atom stereocenters. The minimum Gasteiger partial charge on any atom is -0.383 e. The fraction of sp³-hybridized carbons (Fsp3) is 0.444. The monoisotopic (exact) mass is 165 g/mol. The first kappa shape index (κ1) is 9.00. The van der Waals surface area contributed by atoms with E-state index in [2.05, 4.69) is 4.98 Å². The van der Waals surface area contributed by atoms with Gasteiger partial charge in [-0.3, -0.25) is 0 Å². The van der Waals surface area contributed by atoms with E-state index in [4.69, 9.17) is 11.5 Å². The van der Waals surface area contributed by atoms with E-state index in [9.17, 15) is 0 Å². The molecule has 0 spiro atoms. The van der Waals surface area contributed by atoms with Crippen LogP contribution in [0.4, 0.5) is 5.82 Å². The molecule has 0 amide bonds. The normalized spacial score (nSPS) is 19.9. The van der Waals surface area contributed by atoms with Crippen LogP contribution in [0, 0.1) is 0 Å². The molecule has 0 aromatic carbocycles. The van der Waals surface area contributed by atoms with Crippen molar-refractivity contribution in [1.29, 1.82) is 0 Å². The van der Waals surface area contributed by atoms with Crippen LogP contribution in [-0.4, -0.2) is 4.98 Å². The van der Waals surface area contributed by atoms with E-state index in [1.54, 1.807) is 6.20 Å². The molecule has 1 aromatic rings. The molecule has 2 rings (SSSR count). The summed E-state index contributed by atoms with van der Waals surface area (Å²) >= 11 is 0. The lowest BCUT2D eigenvalue weighted by atomic mass is 10.1. The lowest BCUT2D eigenvalue weighted by molar-refractivity contribution is 0.713. The van der Waals surface area contributed by atoms with E-state index in [0.29, 0.717) is 5.82 Å². The Morgan fingerprint density at radius 2 is 2.25 bits per heavy atom. The van der Waals surface area contributed by atoms with Crippen LogP contribution in [0.15, 0.2) is 12.3 Å². The van der Waals surface area contributed by atoms with E-state index < -0.39 is 0 Å². The number of anilines is 1. The zero-order valence-electron chi connectivity index (χ0n) is 6.25. The topological polar surface area (TPSA) is 64.9 Å². The lowest BCUT2D eigenvalue weighted by Crippen LogP contribution is -2.05. The summed E-state index contributed by atoms with van der Waals surface area (Å²) in [7, 11) is 0. The Labute approximate surface area is 72.8 Å². The van der Waals surface area contributed by atoms with Gasteiger partial charge >= 0.3 is 0 Å². The molecule has 66 valence electrons. The number of nitrogens with two attached hydrogens (primary N) is 2. The molecule has 0 fully saturated rings. The summed E-state index contributed by atoms with van der Waals surface area (Å²) in [5.74, 6) is 0.649. The van der Waals surface area contributed by atoms with Crippen molar-refractivity contribution in [2.45, 2.75) is 26.3 Å². The van der Waals surface area contributed by atoms with E-state index in [1.807, 2.05) is 6.07 Å². The maximum absolute atomic E-state index is 5.83. The second-order valence-corrected chi connectivity index (χ2v) is 2.91. The Morgan fingerprint density at radius 3 is 2.92 bits per heavy atom. The second-order valence-electron chi connectivity index (χ2n) is 2.91. The molecule has 1 atom stereocenters. The van der Waals surface area contributed by atoms with Crippen LogP contribution < -0.4 is 11.5 Å². The highest BCUT2D eigenvalue weighted by Gasteiger charge is 2.20. The highest BCUT2D eigenvalue weighted by Crippen LogP contribution is 2.31. The van der Waals surface area contributed by atoms with Crippen molar-refractivity contribution in [1.82, 2.24) is 4.98 Å². The van der Waals surface area contributed by atoms with Gasteiger partial charge in [0.2, 0.25) is 0 Å². The van der Waals surface area contributed by atoms with Crippen LogP contribution in [0.3, 0.4) is 0 Å².